The molecule has 0 aliphatic carbocycles. The molecule has 2 aromatic rings. The molecule has 0 saturated heterocycles. The van der Waals surface area contributed by atoms with Gasteiger partial charge in [0.1, 0.15) is 19.1 Å². The average Bonchev–Trinajstić information content (AvgIpc) is 2.79. The van der Waals surface area contributed by atoms with Gasteiger partial charge in [0.2, 0.25) is 0 Å². The number of aliphatic carboxylic acids is 1. The summed E-state index contributed by atoms with van der Waals surface area (Å²) < 4.78 is 22.9. The highest BCUT2D eigenvalue weighted by Crippen LogP contribution is 2.32. The van der Waals surface area contributed by atoms with Gasteiger partial charge in [0.15, 0.2) is 24.2 Å². The number of carboxylic acids is 1. The molecule has 0 aromatic heterocycles. The van der Waals surface area contributed by atoms with Gasteiger partial charge >= 0.3 is 5.97 Å². The van der Waals surface area contributed by atoms with Gasteiger partial charge in [-0.1, -0.05) is 12.1 Å². The van der Waals surface area contributed by atoms with E-state index in [1.54, 1.807) is 6.07 Å². The number of para-hydroxylation sites is 2. The van der Waals surface area contributed by atoms with Crippen LogP contribution in [0.3, 0.4) is 0 Å². The van der Waals surface area contributed by atoms with Crippen LogP contribution in [-0.4, -0.2) is 61.7 Å². The van der Waals surface area contributed by atoms with Crippen molar-refractivity contribution in [3.8, 4) is 17.2 Å². The summed E-state index contributed by atoms with van der Waals surface area (Å²) in [5.41, 5.74) is 8.96. The number of rotatable bonds is 8. The molecule has 164 valence electrons. The molecule has 0 bridgehead atoms. The van der Waals surface area contributed by atoms with Crippen molar-refractivity contribution < 1.29 is 28.8 Å². The van der Waals surface area contributed by atoms with Gasteiger partial charge in [0.25, 0.3) is 0 Å². The third-order valence-corrected chi connectivity index (χ3v) is 5.14. The second-order valence-electron chi connectivity index (χ2n) is 7.34. The zero-order valence-corrected chi connectivity index (χ0v) is 17.2. The Labute approximate surface area is 180 Å². The summed E-state index contributed by atoms with van der Waals surface area (Å²) in [6.45, 7) is 2.07. The predicted octanol–water partition coefficient (Wildman–Crippen LogP) is 2.12. The second kappa shape index (κ2) is 9.72. The SMILES string of the molecule is NC/C=C1/c2ccc(OCC(=O)O)cc2CCN1COCC1COc2ccccc2O1. The molecule has 0 radical (unpaired) electrons. The van der Waals surface area contributed by atoms with Gasteiger partial charge in [0.05, 0.1) is 6.61 Å². The normalized spacial score (nSPS) is 18.5. The molecule has 8 nitrogen and oxygen atoms in total. The standard InChI is InChI=1S/C23H26N2O6/c24-9-7-20-19-6-5-17(29-14-23(26)27)11-16(19)8-10-25(20)15-28-12-18-13-30-21-3-1-2-4-22(21)31-18/h1-7,11,18H,8-10,12-15,24H2,(H,26,27)/b20-7-. The molecule has 2 aliphatic heterocycles. The number of carboxylic acid groups (broad SMARTS) is 1. The van der Waals surface area contributed by atoms with E-state index in [9.17, 15) is 4.79 Å². The highest BCUT2D eigenvalue weighted by atomic mass is 16.6. The van der Waals surface area contributed by atoms with E-state index in [2.05, 4.69) is 4.90 Å². The van der Waals surface area contributed by atoms with E-state index in [4.69, 9.17) is 29.8 Å². The fraction of sp³-hybridized carbons (Fsp3) is 0.348. The van der Waals surface area contributed by atoms with Crippen LogP contribution in [0.4, 0.5) is 0 Å². The summed E-state index contributed by atoms with van der Waals surface area (Å²) in [6.07, 6.45) is 2.60. The lowest BCUT2D eigenvalue weighted by Crippen LogP contribution is -2.37. The van der Waals surface area contributed by atoms with Crippen LogP contribution in [0.15, 0.2) is 48.5 Å². The summed E-state index contributed by atoms with van der Waals surface area (Å²) in [6, 6.07) is 13.2. The Balaban J connectivity index is 1.36. The Morgan fingerprint density at radius 2 is 2.10 bits per heavy atom. The molecular weight excluding hydrogens is 400 g/mol. The number of hydrogen-bond donors (Lipinski definition) is 2. The molecule has 0 amide bonds. The number of fused-ring (bicyclic) bond motifs is 2. The zero-order valence-electron chi connectivity index (χ0n) is 17.2. The quantitative estimate of drug-likeness (QED) is 0.662. The summed E-state index contributed by atoms with van der Waals surface area (Å²) in [4.78, 5) is 12.9. The van der Waals surface area contributed by atoms with E-state index in [-0.39, 0.29) is 12.7 Å². The van der Waals surface area contributed by atoms with Crippen molar-refractivity contribution in [2.24, 2.45) is 5.73 Å². The molecule has 8 heteroatoms. The molecular formula is C23H26N2O6. The average molecular weight is 426 g/mol. The van der Waals surface area contributed by atoms with Gasteiger partial charge in [-0.05, 0) is 48.4 Å². The van der Waals surface area contributed by atoms with E-state index in [0.717, 1.165) is 41.3 Å². The van der Waals surface area contributed by atoms with Gasteiger partial charge in [-0.3, -0.25) is 0 Å². The maximum absolute atomic E-state index is 10.7. The molecule has 2 heterocycles. The first kappa shape index (κ1) is 21.0. The Morgan fingerprint density at radius 3 is 2.90 bits per heavy atom. The Hall–Kier alpha value is -3.23. The highest BCUT2D eigenvalue weighted by molar-refractivity contribution is 5.70. The lowest BCUT2D eigenvalue weighted by Gasteiger charge is -2.34. The fourth-order valence-corrected chi connectivity index (χ4v) is 3.73. The Kier molecular flexibility index (Phi) is 6.59. The third-order valence-electron chi connectivity index (χ3n) is 5.14. The van der Waals surface area contributed by atoms with Crippen molar-refractivity contribution in [3.63, 3.8) is 0 Å². The molecule has 0 saturated carbocycles. The van der Waals surface area contributed by atoms with Crippen LogP contribution in [0.25, 0.3) is 5.70 Å². The van der Waals surface area contributed by atoms with Crippen LogP contribution < -0.4 is 19.9 Å². The lowest BCUT2D eigenvalue weighted by atomic mass is 9.96. The van der Waals surface area contributed by atoms with Gasteiger partial charge in [-0.2, -0.15) is 0 Å². The van der Waals surface area contributed by atoms with Crippen molar-refractivity contribution in [3.05, 3.63) is 59.7 Å². The first-order valence-electron chi connectivity index (χ1n) is 10.2. The van der Waals surface area contributed by atoms with Crippen LogP contribution in [0.2, 0.25) is 0 Å². The monoisotopic (exact) mass is 426 g/mol. The van der Waals surface area contributed by atoms with Crippen LogP contribution in [-0.2, 0) is 16.0 Å². The zero-order chi connectivity index (χ0) is 21.6. The maximum Gasteiger partial charge on any atom is 0.341 e. The molecule has 4 rings (SSSR count). The Morgan fingerprint density at radius 1 is 1.26 bits per heavy atom. The van der Waals surface area contributed by atoms with Crippen molar-refractivity contribution >= 4 is 11.7 Å². The largest absolute Gasteiger partial charge is 0.486 e. The topological polar surface area (TPSA) is 103 Å². The molecule has 2 aliphatic rings. The molecule has 0 fully saturated rings. The minimum absolute atomic E-state index is 0.164. The number of nitrogens with zero attached hydrogens (tertiary/aromatic N) is 1. The predicted molar refractivity (Wildman–Crippen MR) is 114 cm³/mol. The molecule has 31 heavy (non-hydrogen) atoms. The number of ether oxygens (including phenoxy) is 4. The van der Waals surface area contributed by atoms with E-state index in [1.807, 2.05) is 42.5 Å². The van der Waals surface area contributed by atoms with Crippen molar-refractivity contribution in [1.82, 2.24) is 4.90 Å². The van der Waals surface area contributed by atoms with Crippen molar-refractivity contribution in [2.75, 3.05) is 39.6 Å². The van der Waals surface area contributed by atoms with E-state index in [1.165, 1.54) is 0 Å². The van der Waals surface area contributed by atoms with Crippen LogP contribution in [0.1, 0.15) is 11.1 Å². The van der Waals surface area contributed by atoms with Gasteiger partial charge < -0.3 is 34.7 Å². The number of nitrogens with two attached hydrogens (primary N) is 1. The van der Waals surface area contributed by atoms with E-state index >= 15 is 0 Å². The smallest absolute Gasteiger partial charge is 0.341 e. The molecule has 0 spiro atoms. The molecule has 1 unspecified atom stereocenters. The van der Waals surface area contributed by atoms with Crippen LogP contribution >= 0.6 is 0 Å². The molecule has 2 aromatic carbocycles. The summed E-state index contributed by atoms with van der Waals surface area (Å²) >= 11 is 0. The maximum atomic E-state index is 10.7. The Bertz CT molecular complexity index is 961. The number of benzene rings is 2. The third kappa shape index (κ3) is 5.10. The lowest BCUT2D eigenvalue weighted by molar-refractivity contribution is -0.139. The minimum Gasteiger partial charge on any atom is -0.486 e. The minimum atomic E-state index is -0.999. The second-order valence-corrected chi connectivity index (χ2v) is 7.34. The fourth-order valence-electron chi connectivity index (χ4n) is 3.73. The number of carbonyl (C=O) groups is 1. The van der Waals surface area contributed by atoms with Crippen molar-refractivity contribution in [1.29, 1.82) is 0 Å². The first-order valence-corrected chi connectivity index (χ1v) is 10.2. The summed E-state index contributed by atoms with van der Waals surface area (Å²) in [5, 5.41) is 8.80. The van der Waals surface area contributed by atoms with Gasteiger partial charge in [0, 0.05) is 24.4 Å². The van der Waals surface area contributed by atoms with E-state index in [0.29, 0.717) is 32.2 Å². The first-order chi connectivity index (χ1) is 15.1. The summed E-state index contributed by atoms with van der Waals surface area (Å²) in [7, 11) is 0. The highest BCUT2D eigenvalue weighted by Gasteiger charge is 2.24. The summed E-state index contributed by atoms with van der Waals surface area (Å²) in [5.74, 6) is 1.04. The van der Waals surface area contributed by atoms with E-state index < -0.39 is 5.97 Å². The molecule has 1 atom stereocenters. The van der Waals surface area contributed by atoms with Gasteiger partial charge in [-0.15, -0.1) is 0 Å². The van der Waals surface area contributed by atoms with Crippen LogP contribution in [0.5, 0.6) is 17.2 Å². The van der Waals surface area contributed by atoms with Crippen LogP contribution in [0, 0.1) is 0 Å². The van der Waals surface area contributed by atoms with Gasteiger partial charge in [-0.25, -0.2) is 4.79 Å². The number of hydrogen-bond acceptors (Lipinski definition) is 7. The molecule has 3 N–H and O–H groups in total. The van der Waals surface area contributed by atoms with Crippen molar-refractivity contribution in [2.45, 2.75) is 12.5 Å².